The second kappa shape index (κ2) is 6.69. The maximum absolute atomic E-state index is 5.31. The third-order valence-electron chi connectivity index (χ3n) is 2.36. The minimum atomic E-state index is 0.548. The lowest BCUT2D eigenvalue weighted by molar-refractivity contribution is 0.183. The molecule has 0 aliphatic carbocycles. The zero-order valence-corrected chi connectivity index (χ0v) is 11.0. The number of anilines is 2. The van der Waals surface area contributed by atoms with Crippen molar-refractivity contribution in [2.75, 3.05) is 25.6 Å². The zero-order chi connectivity index (χ0) is 13.5. The van der Waals surface area contributed by atoms with Gasteiger partial charge in [-0.15, -0.1) is 0 Å². The smallest absolute Gasteiger partial charge is 0.218 e. The number of methoxy groups -OCH3 is 1. The van der Waals surface area contributed by atoms with Crippen LogP contribution in [0.3, 0.4) is 0 Å². The lowest BCUT2D eigenvalue weighted by Crippen LogP contribution is -2.04. The van der Waals surface area contributed by atoms with Crippen molar-refractivity contribution in [2.24, 2.45) is 0 Å². The van der Waals surface area contributed by atoms with Crippen LogP contribution in [0.2, 0.25) is 0 Å². The van der Waals surface area contributed by atoms with Gasteiger partial charge >= 0.3 is 0 Å². The molecule has 102 valence electrons. The summed E-state index contributed by atoms with van der Waals surface area (Å²) in [6.07, 6.45) is 5.09. The van der Waals surface area contributed by atoms with Crippen LogP contribution < -0.4 is 10.1 Å². The molecule has 0 aliphatic rings. The Kier molecular flexibility index (Phi) is 4.68. The van der Waals surface area contributed by atoms with Crippen LogP contribution in [0.15, 0.2) is 24.8 Å². The Bertz CT molecular complexity index is 514. The highest BCUT2D eigenvalue weighted by Crippen LogP contribution is 2.16. The van der Waals surface area contributed by atoms with Crippen molar-refractivity contribution in [3.63, 3.8) is 0 Å². The summed E-state index contributed by atoms with van der Waals surface area (Å²) in [4.78, 5) is 8.13. The lowest BCUT2D eigenvalue weighted by atomic mass is 10.5. The molecule has 0 aliphatic heterocycles. The van der Waals surface area contributed by atoms with E-state index in [1.807, 2.05) is 13.1 Å². The molecule has 0 atom stereocenters. The zero-order valence-electron chi connectivity index (χ0n) is 11.0. The first-order valence-electron chi connectivity index (χ1n) is 6.05. The van der Waals surface area contributed by atoms with Crippen LogP contribution in [0, 0.1) is 0 Å². The number of aromatic nitrogens is 4. The Hall–Kier alpha value is -2.15. The van der Waals surface area contributed by atoms with Crippen LogP contribution in [0.25, 0.3) is 0 Å². The fourth-order valence-electron chi connectivity index (χ4n) is 1.52. The Labute approximate surface area is 111 Å². The molecule has 0 radical (unpaired) electrons. The third kappa shape index (κ3) is 3.92. The summed E-state index contributed by atoms with van der Waals surface area (Å²) in [7, 11) is 1.67. The van der Waals surface area contributed by atoms with Crippen LogP contribution in [-0.4, -0.2) is 40.1 Å². The van der Waals surface area contributed by atoms with Crippen molar-refractivity contribution in [3.8, 4) is 5.88 Å². The van der Waals surface area contributed by atoms with Gasteiger partial charge in [-0.3, -0.25) is 4.68 Å². The van der Waals surface area contributed by atoms with Gasteiger partial charge in [-0.1, -0.05) is 0 Å². The Morgan fingerprint density at radius 2 is 2.26 bits per heavy atom. The minimum Gasteiger partial charge on any atom is -0.478 e. The number of rotatable bonds is 7. The summed E-state index contributed by atoms with van der Waals surface area (Å²) >= 11 is 0. The van der Waals surface area contributed by atoms with Gasteiger partial charge in [0, 0.05) is 19.4 Å². The molecule has 7 nitrogen and oxygen atoms in total. The molecule has 0 amide bonds. The van der Waals surface area contributed by atoms with Crippen LogP contribution in [0.5, 0.6) is 5.88 Å². The highest BCUT2D eigenvalue weighted by atomic mass is 16.5. The van der Waals surface area contributed by atoms with E-state index in [9.17, 15) is 0 Å². The van der Waals surface area contributed by atoms with Gasteiger partial charge in [0.15, 0.2) is 0 Å². The summed E-state index contributed by atoms with van der Waals surface area (Å²) in [6, 6.07) is 1.75. The molecule has 2 aromatic rings. The fourth-order valence-corrected chi connectivity index (χ4v) is 1.52. The van der Waals surface area contributed by atoms with E-state index in [1.165, 1.54) is 6.33 Å². The van der Waals surface area contributed by atoms with Crippen LogP contribution >= 0.6 is 0 Å². The van der Waals surface area contributed by atoms with E-state index in [0.717, 1.165) is 5.69 Å². The molecule has 2 aromatic heterocycles. The van der Waals surface area contributed by atoms with Gasteiger partial charge in [-0.2, -0.15) is 5.10 Å². The van der Waals surface area contributed by atoms with E-state index in [0.29, 0.717) is 31.5 Å². The molecular formula is C12H17N5O2. The molecule has 0 bridgehead atoms. The topological polar surface area (TPSA) is 74.1 Å². The first-order chi connectivity index (χ1) is 9.31. The van der Waals surface area contributed by atoms with E-state index in [1.54, 1.807) is 24.1 Å². The molecule has 0 aromatic carbocycles. The maximum Gasteiger partial charge on any atom is 0.218 e. The molecular weight excluding hydrogens is 246 g/mol. The Balaban J connectivity index is 2.00. The monoisotopic (exact) mass is 263 g/mol. The van der Waals surface area contributed by atoms with Crippen LogP contribution in [0.1, 0.15) is 6.92 Å². The lowest BCUT2D eigenvalue weighted by Gasteiger charge is -2.05. The highest BCUT2D eigenvalue weighted by molar-refractivity contribution is 5.54. The standard InChI is InChI=1S/C12H17N5O2/c1-3-19-12-6-11(13-9-14-12)16-10-7-15-17(8-10)4-5-18-2/h6-9H,3-5H2,1-2H3,(H,13,14,16). The Morgan fingerprint density at radius 1 is 1.37 bits per heavy atom. The number of nitrogens with one attached hydrogen (secondary N) is 1. The number of ether oxygens (including phenoxy) is 2. The van der Waals surface area contributed by atoms with E-state index in [4.69, 9.17) is 9.47 Å². The van der Waals surface area contributed by atoms with Crippen molar-refractivity contribution in [2.45, 2.75) is 13.5 Å². The van der Waals surface area contributed by atoms with Gasteiger partial charge in [0.2, 0.25) is 5.88 Å². The number of hydrogen-bond acceptors (Lipinski definition) is 6. The molecule has 0 fully saturated rings. The van der Waals surface area contributed by atoms with Gasteiger partial charge in [-0.25, -0.2) is 9.97 Å². The molecule has 1 N–H and O–H groups in total. The summed E-state index contributed by atoms with van der Waals surface area (Å²) in [6.45, 7) is 3.83. The fraction of sp³-hybridized carbons (Fsp3) is 0.417. The second-order valence-corrected chi connectivity index (χ2v) is 3.78. The number of nitrogens with zero attached hydrogens (tertiary/aromatic N) is 4. The summed E-state index contributed by atoms with van der Waals surface area (Å²) in [5, 5.41) is 7.35. The summed E-state index contributed by atoms with van der Waals surface area (Å²) in [5.74, 6) is 1.22. The van der Waals surface area contributed by atoms with Gasteiger partial charge in [0.25, 0.3) is 0 Å². The molecule has 0 saturated carbocycles. The summed E-state index contributed by atoms with van der Waals surface area (Å²) < 4.78 is 12.1. The molecule has 2 heterocycles. The van der Waals surface area contributed by atoms with Gasteiger partial charge in [-0.05, 0) is 6.92 Å². The van der Waals surface area contributed by atoms with Crippen molar-refractivity contribution in [3.05, 3.63) is 24.8 Å². The average Bonchev–Trinajstić information content (AvgIpc) is 2.85. The average molecular weight is 263 g/mol. The normalized spacial score (nSPS) is 10.4. The van der Waals surface area contributed by atoms with Crippen molar-refractivity contribution >= 4 is 11.5 Å². The van der Waals surface area contributed by atoms with Gasteiger partial charge in [0.05, 0.1) is 31.6 Å². The van der Waals surface area contributed by atoms with Crippen molar-refractivity contribution < 1.29 is 9.47 Å². The predicted molar refractivity (Wildman–Crippen MR) is 70.6 cm³/mol. The quantitative estimate of drug-likeness (QED) is 0.815. The molecule has 0 unspecified atom stereocenters. The Morgan fingerprint density at radius 3 is 3.05 bits per heavy atom. The van der Waals surface area contributed by atoms with Crippen LogP contribution in [-0.2, 0) is 11.3 Å². The van der Waals surface area contributed by atoms with E-state index >= 15 is 0 Å². The van der Waals surface area contributed by atoms with E-state index in [-0.39, 0.29) is 0 Å². The molecule has 0 saturated heterocycles. The minimum absolute atomic E-state index is 0.548. The first kappa shape index (κ1) is 13.3. The van der Waals surface area contributed by atoms with Crippen molar-refractivity contribution in [1.29, 1.82) is 0 Å². The SMILES string of the molecule is CCOc1cc(Nc2cnn(CCOC)c2)ncn1. The van der Waals surface area contributed by atoms with Gasteiger partial charge < -0.3 is 14.8 Å². The highest BCUT2D eigenvalue weighted by Gasteiger charge is 2.02. The number of hydrogen-bond donors (Lipinski definition) is 1. The third-order valence-corrected chi connectivity index (χ3v) is 2.36. The van der Waals surface area contributed by atoms with Crippen LogP contribution in [0.4, 0.5) is 11.5 Å². The molecule has 0 spiro atoms. The van der Waals surface area contributed by atoms with E-state index < -0.39 is 0 Å². The molecule has 7 heteroatoms. The summed E-state index contributed by atoms with van der Waals surface area (Å²) in [5.41, 5.74) is 0.859. The van der Waals surface area contributed by atoms with Crippen molar-refractivity contribution in [1.82, 2.24) is 19.7 Å². The predicted octanol–water partition coefficient (Wildman–Crippen LogP) is 1.46. The maximum atomic E-state index is 5.31. The molecule has 19 heavy (non-hydrogen) atoms. The van der Waals surface area contributed by atoms with Gasteiger partial charge in [0.1, 0.15) is 12.1 Å². The largest absolute Gasteiger partial charge is 0.478 e. The first-order valence-corrected chi connectivity index (χ1v) is 6.05. The molecule has 2 rings (SSSR count). The second-order valence-electron chi connectivity index (χ2n) is 3.78. The van der Waals surface area contributed by atoms with E-state index in [2.05, 4.69) is 20.4 Å².